The molecule has 0 unspecified atom stereocenters. The van der Waals surface area contributed by atoms with Crippen LogP contribution in [0.5, 0.6) is 5.75 Å². The number of amides is 1. The third-order valence-electron chi connectivity index (χ3n) is 4.43. The van der Waals surface area contributed by atoms with Crippen LogP contribution in [0.2, 0.25) is 0 Å². The van der Waals surface area contributed by atoms with Crippen LogP contribution in [0.25, 0.3) is 11.3 Å². The van der Waals surface area contributed by atoms with Crippen molar-refractivity contribution in [1.82, 2.24) is 4.68 Å². The summed E-state index contributed by atoms with van der Waals surface area (Å²) >= 11 is 1.55. The molecular formula is C22H28N4O2S. The van der Waals surface area contributed by atoms with Gasteiger partial charge in [0.2, 0.25) is 4.80 Å². The second kappa shape index (κ2) is 9.22. The van der Waals surface area contributed by atoms with Crippen molar-refractivity contribution >= 4 is 28.6 Å². The molecule has 1 aliphatic rings. The summed E-state index contributed by atoms with van der Waals surface area (Å²) < 4.78 is 7.37. The molecule has 1 amide bonds. The molecule has 29 heavy (non-hydrogen) atoms. The molecule has 7 heteroatoms. The molecule has 1 aromatic heterocycles. The molecule has 1 aromatic carbocycles. The van der Waals surface area contributed by atoms with Crippen molar-refractivity contribution in [3.05, 3.63) is 40.5 Å². The van der Waals surface area contributed by atoms with Crippen molar-refractivity contribution in [1.29, 1.82) is 0 Å². The van der Waals surface area contributed by atoms with E-state index in [9.17, 15) is 4.79 Å². The molecule has 0 saturated heterocycles. The fraction of sp³-hybridized carbons (Fsp3) is 0.409. The highest BCUT2D eigenvalue weighted by Gasteiger charge is 2.18. The molecule has 2 heterocycles. The summed E-state index contributed by atoms with van der Waals surface area (Å²) in [5, 5.41) is 9.79. The molecule has 2 aromatic rings. The Morgan fingerprint density at radius 3 is 2.90 bits per heavy atom. The minimum atomic E-state index is -0.146. The minimum absolute atomic E-state index is 0.0497. The summed E-state index contributed by atoms with van der Waals surface area (Å²) in [7, 11) is 0. The second-order valence-electron chi connectivity index (χ2n) is 7.80. The van der Waals surface area contributed by atoms with Gasteiger partial charge in [0.25, 0.3) is 5.91 Å². The van der Waals surface area contributed by atoms with Crippen molar-refractivity contribution in [3.63, 3.8) is 0 Å². The lowest BCUT2D eigenvalue weighted by Gasteiger charge is -2.18. The van der Waals surface area contributed by atoms with Crippen LogP contribution in [0.15, 0.2) is 45.8 Å². The normalized spacial score (nSPS) is 14.6. The average molecular weight is 413 g/mol. The number of hydrogen-bond donors (Lipinski definition) is 1. The number of ether oxygens (including phenoxy) is 1. The van der Waals surface area contributed by atoms with Gasteiger partial charge in [-0.2, -0.15) is 5.10 Å². The summed E-state index contributed by atoms with van der Waals surface area (Å²) in [5.41, 5.74) is 4.62. The first kappa shape index (κ1) is 21.0. The number of nitrogens with zero attached hydrogens (tertiary/aromatic N) is 3. The smallest absolute Gasteiger partial charge is 0.262 e. The lowest BCUT2D eigenvalue weighted by molar-refractivity contribution is -0.118. The van der Waals surface area contributed by atoms with E-state index in [-0.39, 0.29) is 12.5 Å². The van der Waals surface area contributed by atoms with Crippen LogP contribution in [0, 0.1) is 5.92 Å². The maximum Gasteiger partial charge on any atom is 0.262 e. The summed E-state index contributed by atoms with van der Waals surface area (Å²) in [6, 6.07) is 5.79. The van der Waals surface area contributed by atoms with Gasteiger partial charge in [0, 0.05) is 16.7 Å². The Labute approximate surface area is 175 Å². The Hall–Kier alpha value is -2.67. The number of hydrogen-bond acceptors (Lipinski definition) is 5. The van der Waals surface area contributed by atoms with Crippen molar-refractivity contribution < 1.29 is 9.53 Å². The zero-order valence-electron chi connectivity index (χ0n) is 17.5. The molecule has 1 aliphatic heterocycles. The van der Waals surface area contributed by atoms with Gasteiger partial charge in [-0.05, 0) is 50.8 Å². The number of benzene rings is 1. The molecule has 1 N–H and O–H groups in total. The number of nitrogens with one attached hydrogen (secondary N) is 1. The number of aromatic nitrogens is 1. The minimum Gasteiger partial charge on any atom is -0.482 e. The highest BCUT2D eigenvalue weighted by Crippen LogP contribution is 2.32. The van der Waals surface area contributed by atoms with E-state index in [2.05, 4.69) is 37.7 Å². The molecule has 0 saturated carbocycles. The molecule has 6 nitrogen and oxygen atoms in total. The van der Waals surface area contributed by atoms with Gasteiger partial charge in [-0.25, -0.2) is 4.68 Å². The maximum absolute atomic E-state index is 11.7. The molecule has 0 fully saturated rings. The van der Waals surface area contributed by atoms with Gasteiger partial charge in [0.15, 0.2) is 6.61 Å². The largest absolute Gasteiger partial charge is 0.482 e. The molecule has 0 bridgehead atoms. The SMILES string of the molecule is C=C(C)CN=c1scc(-c2ccc3c(c2)NC(=O)CO3)n1N=C(C)CCC(C)C. The van der Waals surface area contributed by atoms with Crippen LogP contribution in [0.3, 0.4) is 0 Å². The standard InChI is InChI=1S/C22H28N4O2S/c1-14(2)6-7-16(5)25-26-19(13-29-22(26)23-11-15(3)4)17-8-9-20-18(10-17)24-21(27)12-28-20/h8-10,13-14H,3,6-7,11-12H2,1-2,4-5H3,(H,24,27). The fourth-order valence-corrected chi connectivity index (χ4v) is 3.70. The van der Waals surface area contributed by atoms with Crippen molar-refractivity contribution in [3.8, 4) is 17.0 Å². The van der Waals surface area contributed by atoms with Gasteiger partial charge < -0.3 is 10.1 Å². The second-order valence-corrected chi connectivity index (χ2v) is 8.64. The predicted molar refractivity (Wildman–Crippen MR) is 120 cm³/mol. The van der Waals surface area contributed by atoms with Gasteiger partial charge in [0.1, 0.15) is 5.75 Å². The number of carbonyl (C=O) groups is 1. The van der Waals surface area contributed by atoms with Crippen LogP contribution >= 0.6 is 11.3 Å². The first-order valence-electron chi connectivity index (χ1n) is 9.80. The third kappa shape index (κ3) is 5.44. The molecule has 0 aliphatic carbocycles. The van der Waals surface area contributed by atoms with E-state index in [1.54, 1.807) is 11.3 Å². The van der Waals surface area contributed by atoms with Crippen LogP contribution in [-0.2, 0) is 4.79 Å². The van der Waals surface area contributed by atoms with Crippen LogP contribution in [0.1, 0.15) is 40.5 Å². The van der Waals surface area contributed by atoms with Crippen molar-refractivity contribution in [2.45, 2.75) is 40.5 Å². The van der Waals surface area contributed by atoms with E-state index in [0.29, 0.717) is 23.9 Å². The molecule has 0 spiro atoms. The molecule has 154 valence electrons. The molecular weight excluding hydrogens is 384 g/mol. The van der Waals surface area contributed by atoms with E-state index < -0.39 is 0 Å². The van der Waals surface area contributed by atoms with Crippen molar-refractivity contribution in [2.24, 2.45) is 16.0 Å². The summed E-state index contributed by atoms with van der Waals surface area (Å²) in [6.07, 6.45) is 2.03. The zero-order chi connectivity index (χ0) is 21.0. The molecule has 3 rings (SSSR count). The first-order chi connectivity index (χ1) is 13.8. The van der Waals surface area contributed by atoms with Crippen molar-refractivity contribution in [2.75, 3.05) is 18.5 Å². The number of carbonyl (C=O) groups excluding carboxylic acids is 1. The van der Waals surface area contributed by atoms with Gasteiger partial charge in [0.05, 0.1) is 17.9 Å². The Morgan fingerprint density at radius 1 is 1.38 bits per heavy atom. The first-order valence-corrected chi connectivity index (χ1v) is 10.7. The maximum atomic E-state index is 11.7. The number of fused-ring (bicyclic) bond motifs is 1. The summed E-state index contributed by atoms with van der Waals surface area (Å²) in [5.74, 6) is 1.16. The number of rotatable bonds is 7. The Bertz CT molecular complexity index is 1010. The molecule has 0 atom stereocenters. The zero-order valence-corrected chi connectivity index (χ0v) is 18.3. The Kier molecular flexibility index (Phi) is 6.69. The van der Waals surface area contributed by atoms with Crippen LogP contribution < -0.4 is 14.9 Å². The monoisotopic (exact) mass is 412 g/mol. The lowest BCUT2D eigenvalue weighted by Crippen LogP contribution is -2.25. The summed E-state index contributed by atoms with van der Waals surface area (Å²) in [4.78, 5) is 17.2. The lowest BCUT2D eigenvalue weighted by atomic mass is 10.1. The van der Waals surface area contributed by atoms with Gasteiger partial charge in [-0.15, -0.1) is 11.3 Å². The average Bonchev–Trinajstić information content (AvgIpc) is 3.06. The van der Waals surface area contributed by atoms with E-state index in [0.717, 1.165) is 40.2 Å². The summed E-state index contributed by atoms with van der Waals surface area (Å²) in [6.45, 7) is 13.0. The van der Waals surface area contributed by atoms with Gasteiger partial charge >= 0.3 is 0 Å². The van der Waals surface area contributed by atoms with Gasteiger partial charge in [-0.3, -0.25) is 9.79 Å². The van der Waals surface area contributed by atoms with E-state index in [1.807, 2.05) is 35.2 Å². The topological polar surface area (TPSA) is 68.0 Å². The van der Waals surface area contributed by atoms with Crippen LogP contribution in [-0.4, -0.2) is 29.4 Å². The highest BCUT2D eigenvalue weighted by molar-refractivity contribution is 7.07. The number of thiazole rings is 1. The Balaban J connectivity index is 2.03. The van der Waals surface area contributed by atoms with E-state index >= 15 is 0 Å². The van der Waals surface area contributed by atoms with Gasteiger partial charge in [-0.1, -0.05) is 26.0 Å². The highest BCUT2D eigenvalue weighted by atomic mass is 32.1. The number of anilines is 1. The predicted octanol–water partition coefficient (Wildman–Crippen LogP) is 4.68. The molecule has 0 radical (unpaired) electrons. The van der Waals surface area contributed by atoms with E-state index in [4.69, 9.17) is 9.84 Å². The van der Waals surface area contributed by atoms with Crippen LogP contribution in [0.4, 0.5) is 5.69 Å². The van der Waals surface area contributed by atoms with E-state index in [1.165, 1.54) is 0 Å². The fourth-order valence-electron chi connectivity index (χ4n) is 2.87. The quantitative estimate of drug-likeness (QED) is 0.530. The third-order valence-corrected chi connectivity index (χ3v) is 5.29. The Morgan fingerprint density at radius 2 is 2.17 bits per heavy atom.